The Morgan fingerprint density at radius 1 is 1.22 bits per heavy atom. The van der Waals surface area contributed by atoms with E-state index >= 15 is 0 Å². The number of carbonyl (C=O) groups excluding carboxylic acids is 3. The van der Waals surface area contributed by atoms with Gasteiger partial charge in [-0.05, 0) is 37.8 Å². The highest BCUT2D eigenvalue weighted by molar-refractivity contribution is 6.31. The number of hydrogen-bond donors (Lipinski definition) is 1. The van der Waals surface area contributed by atoms with Crippen molar-refractivity contribution in [2.45, 2.75) is 32.6 Å². The molecule has 0 radical (unpaired) electrons. The van der Waals surface area contributed by atoms with Crippen LogP contribution in [0.25, 0.3) is 0 Å². The van der Waals surface area contributed by atoms with Crippen molar-refractivity contribution >= 4 is 35.0 Å². The molecule has 3 amide bonds. The van der Waals surface area contributed by atoms with Gasteiger partial charge in [0.15, 0.2) is 0 Å². The van der Waals surface area contributed by atoms with Crippen LogP contribution in [-0.4, -0.2) is 36.3 Å². The maximum atomic E-state index is 12.4. The molecule has 27 heavy (non-hydrogen) atoms. The Morgan fingerprint density at radius 3 is 2.44 bits per heavy atom. The van der Waals surface area contributed by atoms with Crippen LogP contribution < -0.4 is 10.1 Å². The van der Waals surface area contributed by atoms with E-state index in [1.165, 1.54) is 12.0 Å². The minimum absolute atomic E-state index is 0.107. The number of benzene rings is 1. The molecule has 0 bridgehead atoms. The minimum atomic E-state index is -0.224. The molecule has 1 aliphatic carbocycles. The summed E-state index contributed by atoms with van der Waals surface area (Å²) < 4.78 is 5.25. The fraction of sp³-hybridized carbons (Fsp3) is 0.450. The number of hydrogen-bond acceptors (Lipinski definition) is 4. The van der Waals surface area contributed by atoms with E-state index in [1.807, 2.05) is 19.1 Å². The van der Waals surface area contributed by atoms with Crippen LogP contribution in [0.5, 0.6) is 5.75 Å². The summed E-state index contributed by atoms with van der Waals surface area (Å²) in [6.07, 6.45) is 5.81. The van der Waals surface area contributed by atoms with E-state index in [4.69, 9.17) is 16.3 Å². The van der Waals surface area contributed by atoms with E-state index in [0.717, 1.165) is 5.56 Å². The summed E-state index contributed by atoms with van der Waals surface area (Å²) in [5.74, 6) is -0.376. The van der Waals surface area contributed by atoms with Gasteiger partial charge in [-0.1, -0.05) is 23.8 Å². The second-order valence-electron chi connectivity index (χ2n) is 6.94. The highest BCUT2D eigenvalue weighted by atomic mass is 35.5. The molecule has 0 aromatic heterocycles. The van der Waals surface area contributed by atoms with Crippen LogP contribution in [0.2, 0.25) is 5.02 Å². The Balaban J connectivity index is 1.54. The second-order valence-corrected chi connectivity index (χ2v) is 7.34. The fourth-order valence-corrected chi connectivity index (χ4v) is 3.78. The molecule has 1 heterocycles. The number of anilines is 1. The normalized spacial score (nSPS) is 21.4. The van der Waals surface area contributed by atoms with Crippen LogP contribution >= 0.6 is 11.6 Å². The smallest absolute Gasteiger partial charge is 0.233 e. The number of rotatable bonds is 6. The molecule has 2 aliphatic rings. The van der Waals surface area contributed by atoms with Crippen molar-refractivity contribution in [2.75, 3.05) is 19.0 Å². The lowest BCUT2D eigenvalue weighted by Gasteiger charge is -2.15. The molecule has 0 saturated carbocycles. The van der Waals surface area contributed by atoms with E-state index in [0.29, 0.717) is 35.7 Å². The molecule has 2 atom stereocenters. The van der Waals surface area contributed by atoms with E-state index < -0.39 is 0 Å². The number of ether oxygens (including phenoxy) is 1. The van der Waals surface area contributed by atoms with Gasteiger partial charge < -0.3 is 10.1 Å². The summed E-state index contributed by atoms with van der Waals surface area (Å²) in [6.45, 7) is 2.12. The number of methoxy groups -OCH3 is 1. The summed E-state index contributed by atoms with van der Waals surface area (Å²) >= 11 is 6.07. The first-order valence-electron chi connectivity index (χ1n) is 9.06. The Bertz CT molecular complexity index is 779. The van der Waals surface area contributed by atoms with Gasteiger partial charge in [-0.3, -0.25) is 19.3 Å². The fourth-order valence-electron chi connectivity index (χ4n) is 3.63. The van der Waals surface area contributed by atoms with Crippen molar-refractivity contribution < 1.29 is 19.1 Å². The lowest BCUT2D eigenvalue weighted by Crippen LogP contribution is -2.32. The molecule has 1 aliphatic heterocycles. The summed E-state index contributed by atoms with van der Waals surface area (Å²) in [6, 6.07) is 3.41. The van der Waals surface area contributed by atoms with Crippen LogP contribution in [0, 0.1) is 18.8 Å². The molecule has 0 spiro atoms. The minimum Gasteiger partial charge on any atom is -0.495 e. The third-order valence-electron chi connectivity index (χ3n) is 5.14. The van der Waals surface area contributed by atoms with E-state index in [2.05, 4.69) is 5.32 Å². The Morgan fingerprint density at radius 2 is 1.85 bits per heavy atom. The maximum Gasteiger partial charge on any atom is 0.233 e. The average Bonchev–Trinajstić information content (AvgIpc) is 2.89. The summed E-state index contributed by atoms with van der Waals surface area (Å²) in [5.41, 5.74) is 1.38. The van der Waals surface area contributed by atoms with Crippen molar-refractivity contribution in [3.63, 3.8) is 0 Å². The largest absolute Gasteiger partial charge is 0.495 e. The number of allylic oxidation sites excluding steroid dienone is 2. The molecule has 7 heteroatoms. The van der Waals surface area contributed by atoms with E-state index in [9.17, 15) is 14.4 Å². The van der Waals surface area contributed by atoms with E-state index in [-0.39, 0.29) is 42.5 Å². The SMILES string of the molecule is COc1cc(Cl)c(C)cc1NC(=O)CCCN1C(=O)[C@H]2CC=CC[C@H]2C1=O. The molecule has 1 aromatic carbocycles. The topological polar surface area (TPSA) is 75.7 Å². The molecule has 1 N–H and O–H groups in total. The van der Waals surface area contributed by atoms with Gasteiger partial charge in [-0.15, -0.1) is 0 Å². The number of nitrogens with zero attached hydrogens (tertiary/aromatic N) is 1. The quantitative estimate of drug-likeness (QED) is 0.597. The first-order chi connectivity index (χ1) is 12.9. The zero-order valence-electron chi connectivity index (χ0n) is 15.5. The zero-order chi connectivity index (χ0) is 19.6. The Kier molecular flexibility index (Phi) is 5.85. The second kappa shape index (κ2) is 8.13. The molecular formula is C20H23ClN2O4. The first-order valence-corrected chi connectivity index (χ1v) is 9.44. The third-order valence-corrected chi connectivity index (χ3v) is 5.55. The van der Waals surface area contributed by atoms with Crippen molar-refractivity contribution in [2.24, 2.45) is 11.8 Å². The molecule has 3 rings (SSSR count). The summed E-state index contributed by atoms with van der Waals surface area (Å²) in [4.78, 5) is 38.4. The van der Waals surface area contributed by atoms with Crippen LogP contribution in [0.3, 0.4) is 0 Å². The van der Waals surface area contributed by atoms with Crippen molar-refractivity contribution in [3.05, 3.63) is 34.9 Å². The monoisotopic (exact) mass is 390 g/mol. The predicted molar refractivity (Wildman–Crippen MR) is 103 cm³/mol. The number of imide groups is 1. The number of aryl methyl sites for hydroxylation is 1. The van der Waals surface area contributed by atoms with Crippen molar-refractivity contribution in [1.29, 1.82) is 0 Å². The Labute approximate surface area is 163 Å². The number of fused-ring (bicyclic) bond motifs is 1. The lowest BCUT2D eigenvalue weighted by atomic mass is 9.85. The number of nitrogens with one attached hydrogen (secondary N) is 1. The molecule has 144 valence electrons. The molecule has 0 unspecified atom stereocenters. The van der Waals surface area contributed by atoms with Gasteiger partial charge >= 0.3 is 0 Å². The van der Waals surface area contributed by atoms with Crippen LogP contribution in [0.1, 0.15) is 31.2 Å². The molecule has 1 fully saturated rings. The molecule has 1 saturated heterocycles. The Hall–Kier alpha value is -2.34. The van der Waals surface area contributed by atoms with E-state index in [1.54, 1.807) is 12.1 Å². The number of carbonyl (C=O) groups is 3. The van der Waals surface area contributed by atoms with Gasteiger partial charge in [0.05, 0.1) is 24.6 Å². The molecule has 6 nitrogen and oxygen atoms in total. The zero-order valence-corrected chi connectivity index (χ0v) is 16.2. The third kappa shape index (κ3) is 4.00. The van der Waals surface area contributed by atoms with Gasteiger partial charge in [0.2, 0.25) is 17.7 Å². The van der Waals surface area contributed by atoms with Gasteiger partial charge in [-0.2, -0.15) is 0 Å². The van der Waals surface area contributed by atoms with Crippen molar-refractivity contribution in [3.8, 4) is 5.75 Å². The summed E-state index contributed by atoms with van der Waals surface area (Å²) in [5, 5.41) is 3.37. The van der Waals surface area contributed by atoms with Gasteiger partial charge in [0, 0.05) is 24.1 Å². The summed E-state index contributed by atoms with van der Waals surface area (Å²) in [7, 11) is 1.51. The van der Waals surface area contributed by atoms with Crippen molar-refractivity contribution in [1.82, 2.24) is 4.90 Å². The van der Waals surface area contributed by atoms with Crippen LogP contribution in [0.15, 0.2) is 24.3 Å². The number of halogens is 1. The van der Waals surface area contributed by atoms with Gasteiger partial charge in [0.25, 0.3) is 0 Å². The van der Waals surface area contributed by atoms with Gasteiger partial charge in [0.1, 0.15) is 5.75 Å². The molecular weight excluding hydrogens is 368 g/mol. The number of amides is 3. The highest BCUT2D eigenvalue weighted by Crippen LogP contribution is 2.35. The lowest BCUT2D eigenvalue weighted by molar-refractivity contribution is -0.140. The number of likely N-dealkylation sites (tertiary alicyclic amines) is 1. The highest BCUT2D eigenvalue weighted by Gasteiger charge is 2.46. The van der Waals surface area contributed by atoms with Crippen LogP contribution in [0.4, 0.5) is 5.69 Å². The predicted octanol–water partition coefficient (Wildman–Crippen LogP) is 3.33. The first kappa shape index (κ1) is 19.4. The molecule has 1 aromatic rings. The maximum absolute atomic E-state index is 12.4. The van der Waals surface area contributed by atoms with Gasteiger partial charge in [-0.25, -0.2) is 0 Å². The standard InChI is InChI=1S/C20H23ClN2O4/c1-12-10-16(17(27-2)11-15(12)21)22-18(24)8-5-9-23-19(25)13-6-3-4-7-14(13)20(23)26/h3-4,10-11,13-14H,5-9H2,1-2H3,(H,22,24)/t13-,14+. The average molecular weight is 391 g/mol. The van der Waals surface area contributed by atoms with Crippen LogP contribution in [-0.2, 0) is 14.4 Å².